The number of methoxy groups -OCH3 is 1. The molecule has 1 aromatic carbocycles. The van der Waals surface area contributed by atoms with Crippen molar-refractivity contribution in [1.29, 1.82) is 0 Å². The maximum Gasteiger partial charge on any atom is 0.160 e. The zero-order chi connectivity index (χ0) is 15.7. The minimum absolute atomic E-state index is 0.212. The molecule has 1 aromatic rings. The molecule has 0 aliphatic heterocycles. The van der Waals surface area contributed by atoms with E-state index in [4.69, 9.17) is 4.74 Å². The fourth-order valence-electron chi connectivity index (χ4n) is 2.13. The molecule has 0 aliphatic carbocycles. The first-order chi connectivity index (χ1) is 10.2. The minimum atomic E-state index is 0.212. The molecule has 120 valence electrons. The summed E-state index contributed by atoms with van der Waals surface area (Å²) in [6, 6.07) is 5.74. The molecule has 0 aliphatic rings. The molecule has 1 N–H and O–H groups in total. The van der Waals surface area contributed by atoms with Gasteiger partial charge in [-0.2, -0.15) is 11.8 Å². The van der Waals surface area contributed by atoms with Gasteiger partial charge in [0.15, 0.2) is 11.5 Å². The van der Waals surface area contributed by atoms with E-state index in [9.17, 15) is 5.11 Å². The Bertz CT molecular complexity index is 407. The van der Waals surface area contributed by atoms with E-state index in [0.29, 0.717) is 15.6 Å². The van der Waals surface area contributed by atoms with E-state index in [1.165, 1.54) is 5.56 Å². The zero-order valence-corrected chi connectivity index (χ0v) is 15.7. The molecule has 0 fully saturated rings. The highest BCUT2D eigenvalue weighted by molar-refractivity contribution is 8.17. The van der Waals surface area contributed by atoms with E-state index in [1.807, 2.05) is 47.4 Å². The van der Waals surface area contributed by atoms with Gasteiger partial charge in [-0.25, -0.2) is 0 Å². The van der Waals surface area contributed by atoms with Gasteiger partial charge in [-0.15, -0.1) is 23.5 Å². The summed E-state index contributed by atoms with van der Waals surface area (Å²) in [5.74, 6) is 4.18. The van der Waals surface area contributed by atoms with Crippen molar-refractivity contribution in [2.75, 3.05) is 24.4 Å². The summed E-state index contributed by atoms with van der Waals surface area (Å²) in [6.07, 6.45) is 1.14. The molecule has 1 atom stereocenters. The quantitative estimate of drug-likeness (QED) is 0.572. The highest BCUT2D eigenvalue weighted by Gasteiger charge is 2.19. The number of thioether (sulfide) groups is 3. The van der Waals surface area contributed by atoms with Crippen LogP contribution in [-0.4, -0.2) is 34.1 Å². The van der Waals surface area contributed by atoms with Gasteiger partial charge >= 0.3 is 0 Å². The van der Waals surface area contributed by atoms with Gasteiger partial charge in [0.1, 0.15) is 0 Å². The Balaban J connectivity index is 2.88. The molecule has 1 rings (SSSR count). The average Bonchev–Trinajstić information content (AvgIpc) is 2.48. The van der Waals surface area contributed by atoms with Gasteiger partial charge in [0, 0.05) is 5.25 Å². The lowest BCUT2D eigenvalue weighted by Crippen LogP contribution is -2.06. The summed E-state index contributed by atoms with van der Waals surface area (Å²) in [5, 5.41) is 10.2. The molecule has 0 saturated carbocycles. The Morgan fingerprint density at radius 3 is 2.19 bits per heavy atom. The summed E-state index contributed by atoms with van der Waals surface area (Å²) >= 11 is 6.03. The van der Waals surface area contributed by atoms with Crippen LogP contribution in [0.1, 0.15) is 38.0 Å². The summed E-state index contributed by atoms with van der Waals surface area (Å²) < 4.78 is 5.87. The van der Waals surface area contributed by atoms with Gasteiger partial charge in [0.25, 0.3) is 0 Å². The number of phenolic OH excluding ortho intramolecular Hbond substituents is 1. The number of rotatable bonds is 10. The van der Waals surface area contributed by atoms with Gasteiger partial charge in [0.2, 0.25) is 0 Å². The molecule has 0 amide bonds. The Morgan fingerprint density at radius 2 is 1.67 bits per heavy atom. The number of ether oxygens (including phenoxy) is 1. The van der Waals surface area contributed by atoms with Crippen LogP contribution in [-0.2, 0) is 0 Å². The van der Waals surface area contributed by atoms with Crippen LogP contribution >= 0.6 is 35.3 Å². The van der Waals surface area contributed by atoms with E-state index in [0.717, 1.165) is 23.7 Å². The normalized spacial score (nSPS) is 12.6. The van der Waals surface area contributed by atoms with Gasteiger partial charge in [0.05, 0.1) is 11.7 Å². The van der Waals surface area contributed by atoms with E-state index < -0.39 is 0 Å². The smallest absolute Gasteiger partial charge is 0.160 e. The largest absolute Gasteiger partial charge is 0.504 e. The first-order valence-corrected chi connectivity index (χ1v) is 10.5. The topological polar surface area (TPSA) is 29.5 Å². The Hall–Kier alpha value is -0.130. The number of phenols is 1. The van der Waals surface area contributed by atoms with Crippen LogP contribution in [0.3, 0.4) is 0 Å². The van der Waals surface area contributed by atoms with Crippen molar-refractivity contribution >= 4 is 35.3 Å². The third-order valence-electron chi connectivity index (χ3n) is 3.06. The first-order valence-electron chi connectivity index (χ1n) is 7.37. The van der Waals surface area contributed by atoms with Crippen LogP contribution in [0.25, 0.3) is 0 Å². The lowest BCUT2D eigenvalue weighted by Gasteiger charge is -2.23. The lowest BCUT2D eigenvalue weighted by molar-refractivity contribution is 0.373. The van der Waals surface area contributed by atoms with Crippen LogP contribution in [0.5, 0.6) is 11.5 Å². The van der Waals surface area contributed by atoms with E-state index in [2.05, 4.69) is 20.8 Å². The minimum Gasteiger partial charge on any atom is -0.504 e. The highest BCUT2D eigenvalue weighted by atomic mass is 32.2. The van der Waals surface area contributed by atoms with Crippen molar-refractivity contribution in [2.24, 2.45) is 0 Å². The Morgan fingerprint density at radius 1 is 1.05 bits per heavy atom. The van der Waals surface area contributed by atoms with Gasteiger partial charge in [-0.05, 0) is 41.4 Å². The van der Waals surface area contributed by atoms with Crippen molar-refractivity contribution in [3.05, 3.63) is 23.8 Å². The molecule has 0 spiro atoms. The summed E-state index contributed by atoms with van der Waals surface area (Å²) in [4.78, 5) is 0. The van der Waals surface area contributed by atoms with Crippen molar-refractivity contribution in [2.45, 2.75) is 37.0 Å². The van der Waals surface area contributed by atoms with Crippen LogP contribution in [0, 0.1) is 0 Å². The molecule has 0 heterocycles. The fourth-order valence-corrected chi connectivity index (χ4v) is 6.04. The number of benzene rings is 1. The van der Waals surface area contributed by atoms with Gasteiger partial charge in [-0.3, -0.25) is 0 Å². The molecular weight excluding hydrogens is 320 g/mol. The molecule has 0 saturated heterocycles. The second-order valence-corrected chi connectivity index (χ2v) is 9.19. The van der Waals surface area contributed by atoms with E-state index >= 15 is 0 Å². The molecule has 0 bridgehead atoms. The SMILES string of the molecule is CCSC(CC(SCC)c1ccc(O)c(OC)c1)SCC. The van der Waals surface area contributed by atoms with Crippen molar-refractivity contribution in [3.63, 3.8) is 0 Å². The van der Waals surface area contributed by atoms with Gasteiger partial charge in [-0.1, -0.05) is 26.8 Å². The first kappa shape index (κ1) is 18.9. The molecule has 1 unspecified atom stereocenters. The van der Waals surface area contributed by atoms with Crippen molar-refractivity contribution in [3.8, 4) is 11.5 Å². The van der Waals surface area contributed by atoms with E-state index in [-0.39, 0.29) is 5.75 Å². The van der Waals surface area contributed by atoms with Crippen LogP contribution in [0.4, 0.5) is 0 Å². The second-order valence-electron chi connectivity index (χ2n) is 4.45. The number of hydrogen-bond donors (Lipinski definition) is 1. The average molecular weight is 347 g/mol. The summed E-state index contributed by atoms with van der Waals surface area (Å²) in [5.41, 5.74) is 1.25. The molecule has 0 radical (unpaired) electrons. The van der Waals surface area contributed by atoms with Crippen LogP contribution < -0.4 is 4.74 Å². The van der Waals surface area contributed by atoms with Gasteiger partial charge < -0.3 is 9.84 Å². The molecule has 0 aromatic heterocycles. The second kappa shape index (κ2) is 10.6. The van der Waals surface area contributed by atoms with Crippen LogP contribution in [0.2, 0.25) is 0 Å². The highest BCUT2D eigenvalue weighted by Crippen LogP contribution is 2.41. The van der Waals surface area contributed by atoms with Crippen molar-refractivity contribution in [1.82, 2.24) is 0 Å². The Kier molecular flexibility index (Phi) is 9.52. The van der Waals surface area contributed by atoms with Crippen molar-refractivity contribution < 1.29 is 9.84 Å². The lowest BCUT2D eigenvalue weighted by atomic mass is 10.1. The molecule has 21 heavy (non-hydrogen) atoms. The summed E-state index contributed by atoms with van der Waals surface area (Å²) in [6.45, 7) is 6.64. The third kappa shape index (κ3) is 6.25. The van der Waals surface area contributed by atoms with E-state index in [1.54, 1.807) is 13.2 Å². The Labute approximate surface area is 141 Å². The fraction of sp³-hybridized carbons (Fsp3) is 0.625. The number of aromatic hydroxyl groups is 1. The maximum atomic E-state index is 9.76. The molecular formula is C16H26O2S3. The predicted octanol–water partition coefficient (Wildman–Crippen LogP) is 5.42. The zero-order valence-electron chi connectivity index (χ0n) is 13.3. The summed E-state index contributed by atoms with van der Waals surface area (Å²) in [7, 11) is 1.60. The predicted molar refractivity (Wildman–Crippen MR) is 100 cm³/mol. The van der Waals surface area contributed by atoms with Crippen LogP contribution in [0.15, 0.2) is 18.2 Å². The third-order valence-corrected chi connectivity index (χ3v) is 6.87. The molecule has 2 nitrogen and oxygen atoms in total. The molecule has 5 heteroatoms. The monoisotopic (exact) mass is 346 g/mol. The maximum absolute atomic E-state index is 9.76. The standard InChI is InChI=1S/C16H26O2S3/c1-5-19-15(11-16(20-6-2)21-7-3)12-8-9-13(17)14(10-12)18-4/h8-10,15-17H,5-7,11H2,1-4H3. The number of hydrogen-bond acceptors (Lipinski definition) is 5.